The van der Waals surface area contributed by atoms with Gasteiger partial charge in [-0.2, -0.15) is 0 Å². The van der Waals surface area contributed by atoms with Crippen LogP contribution in [0.5, 0.6) is 5.75 Å². The van der Waals surface area contributed by atoms with Crippen LogP contribution < -0.4 is 10.1 Å². The van der Waals surface area contributed by atoms with Crippen LogP contribution in [0.15, 0.2) is 40.9 Å². The van der Waals surface area contributed by atoms with Crippen molar-refractivity contribution in [2.75, 3.05) is 13.2 Å². The molecular formula is C24H29BrCl2N2O3. The maximum absolute atomic E-state index is 13.3. The molecule has 0 spiro atoms. The standard InChI is InChI=1S/C24H29BrCl2N2O3/c1-5-22(24(31)28-12-15(2)3)29(13-18-20(26)7-6-8-21(18)27)23(30)14-32-17-9-10-19(25)16(4)11-17/h6-11,15,22H,5,12-14H2,1-4H3,(H,28,31)/t22-/m1/s1. The lowest BCUT2D eigenvalue weighted by Gasteiger charge is -2.31. The third-order valence-electron chi connectivity index (χ3n) is 4.95. The number of carbonyl (C=O) groups excluding carboxylic acids is 2. The summed E-state index contributed by atoms with van der Waals surface area (Å²) in [6.45, 7) is 8.26. The topological polar surface area (TPSA) is 58.6 Å². The molecule has 0 aliphatic heterocycles. The van der Waals surface area contributed by atoms with Crippen LogP contribution >= 0.6 is 39.1 Å². The first-order chi connectivity index (χ1) is 15.1. The number of benzene rings is 2. The van der Waals surface area contributed by atoms with E-state index in [0.29, 0.717) is 40.2 Å². The van der Waals surface area contributed by atoms with Crippen molar-refractivity contribution in [2.24, 2.45) is 5.92 Å². The van der Waals surface area contributed by atoms with Gasteiger partial charge in [-0.1, -0.05) is 66.0 Å². The molecule has 2 aromatic carbocycles. The molecule has 0 aliphatic carbocycles. The fourth-order valence-corrected chi connectivity index (χ4v) is 3.89. The highest BCUT2D eigenvalue weighted by Gasteiger charge is 2.30. The van der Waals surface area contributed by atoms with Gasteiger partial charge in [0.15, 0.2) is 6.61 Å². The summed E-state index contributed by atoms with van der Waals surface area (Å²) in [5, 5.41) is 3.81. The SMILES string of the molecule is CC[C@H](C(=O)NCC(C)C)N(Cc1c(Cl)cccc1Cl)C(=O)COc1ccc(Br)c(C)c1. The highest BCUT2D eigenvalue weighted by molar-refractivity contribution is 9.10. The molecule has 2 rings (SSSR count). The first-order valence-electron chi connectivity index (χ1n) is 10.5. The number of hydrogen-bond donors (Lipinski definition) is 1. The number of halogens is 3. The molecule has 1 atom stereocenters. The molecule has 0 unspecified atom stereocenters. The Hall–Kier alpha value is -1.76. The van der Waals surface area contributed by atoms with Crippen molar-refractivity contribution in [1.82, 2.24) is 10.2 Å². The van der Waals surface area contributed by atoms with Crippen LogP contribution in [0, 0.1) is 12.8 Å². The van der Waals surface area contributed by atoms with E-state index >= 15 is 0 Å². The summed E-state index contributed by atoms with van der Waals surface area (Å²) >= 11 is 16.2. The van der Waals surface area contributed by atoms with E-state index in [1.807, 2.05) is 39.8 Å². The number of hydrogen-bond acceptors (Lipinski definition) is 3. The second-order valence-electron chi connectivity index (χ2n) is 7.98. The van der Waals surface area contributed by atoms with Crippen molar-refractivity contribution >= 4 is 50.9 Å². The van der Waals surface area contributed by atoms with Crippen molar-refractivity contribution in [2.45, 2.75) is 46.7 Å². The molecule has 32 heavy (non-hydrogen) atoms. The molecule has 0 fully saturated rings. The zero-order valence-corrected chi connectivity index (χ0v) is 21.9. The minimum absolute atomic E-state index is 0.105. The molecule has 0 heterocycles. The molecular weight excluding hydrogens is 515 g/mol. The summed E-state index contributed by atoms with van der Waals surface area (Å²) < 4.78 is 6.70. The lowest BCUT2D eigenvalue weighted by Crippen LogP contribution is -2.50. The molecule has 5 nitrogen and oxygen atoms in total. The number of rotatable bonds is 10. The molecule has 0 radical (unpaired) electrons. The Balaban J connectivity index is 2.27. The Morgan fingerprint density at radius 3 is 2.38 bits per heavy atom. The maximum Gasteiger partial charge on any atom is 0.261 e. The number of amides is 2. The summed E-state index contributed by atoms with van der Waals surface area (Å²) in [6.07, 6.45) is 0.440. The van der Waals surface area contributed by atoms with Gasteiger partial charge in [0.1, 0.15) is 11.8 Å². The van der Waals surface area contributed by atoms with Gasteiger partial charge in [0.05, 0.1) is 0 Å². The van der Waals surface area contributed by atoms with Gasteiger partial charge >= 0.3 is 0 Å². The molecule has 0 saturated carbocycles. The first kappa shape index (κ1) is 26.5. The summed E-state index contributed by atoms with van der Waals surface area (Å²) in [4.78, 5) is 27.7. The minimum Gasteiger partial charge on any atom is -0.484 e. The highest BCUT2D eigenvalue weighted by Crippen LogP contribution is 2.27. The fourth-order valence-electron chi connectivity index (χ4n) is 3.13. The zero-order chi connectivity index (χ0) is 23.8. The maximum atomic E-state index is 13.3. The van der Waals surface area contributed by atoms with Gasteiger partial charge in [-0.3, -0.25) is 9.59 Å². The zero-order valence-electron chi connectivity index (χ0n) is 18.8. The average Bonchev–Trinajstić information content (AvgIpc) is 2.74. The molecule has 2 amide bonds. The highest BCUT2D eigenvalue weighted by atomic mass is 79.9. The average molecular weight is 544 g/mol. The van der Waals surface area contributed by atoms with E-state index in [1.54, 1.807) is 24.3 Å². The second kappa shape index (κ2) is 12.5. The monoisotopic (exact) mass is 542 g/mol. The number of carbonyl (C=O) groups is 2. The quantitative estimate of drug-likeness (QED) is 0.398. The Morgan fingerprint density at radius 2 is 1.81 bits per heavy atom. The minimum atomic E-state index is -0.677. The molecule has 0 aliphatic rings. The Kier molecular flexibility index (Phi) is 10.3. The van der Waals surface area contributed by atoms with E-state index in [1.165, 1.54) is 4.90 Å². The van der Waals surface area contributed by atoms with E-state index < -0.39 is 6.04 Å². The third-order valence-corrected chi connectivity index (χ3v) is 6.55. The number of nitrogens with one attached hydrogen (secondary N) is 1. The number of nitrogens with zero attached hydrogens (tertiary/aromatic N) is 1. The van der Waals surface area contributed by atoms with Crippen LogP contribution in [0.1, 0.15) is 38.3 Å². The fraction of sp³-hybridized carbons (Fsp3) is 0.417. The number of ether oxygens (including phenoxy) is 1. The molecule has 2 aromatic rings. The predicted molar refractivity (Wildman–Crippen MR) is 133 cm³/mol. The second-order valence-corrected chi connectivity index (χ2v) is 9.65. The smallest absolute Gasteiger partial charge is 0.261 e. The summed E-state index contributed by atoms with van der Waals surface area (Å²) in [5.74, 6) is 0.333. The van der Waals surface area contributed by atoms with Gasteiger partial charge in [-0.05, 0) is 55.2 Å². The Labute approximate surface area is 208 Å². The van der Waals surface area contributed by atoms with E-state index in [4.69, 9.17) is 27.9 Å². The van der Waals surface area contributed by atoms with Crippen LogP contribution in [-0.4, -0.2) is 35.9 Å². The Morgan fingerprint density at radius 1 is 1.16 bits per heavy atom. The predicted octanol–water partition coefficient (Wildman–Crippen LogP) is 6.02. The van der Waals surface area contributed by atoms with E-state index in [9.17, 15) is 9.59 Å². The van der Waals surface area contributed by atoms with Crippen LogP contribution in [-0.2, 0) is 16.1 Å². The van der Waals surface area contributed by atoms with Crippen LogP contribution in [0.4, 0.5) is 0 Å². The van der Waals surface area contributed by atoms with Gasteiger partial charge in [0.2, 0.25) is 5.91 Å². The summed E-state index contributed by atoms with van der Waals surface area (Å²) in [7, 11) is 0. The lowest BCUT2D eigenvalue weighted by molar-refractivity contribution is -0.143. The van der Waals surface area contributed by atoms with Gasteiger partial charge in [-0.25, -0.2) is 0 Å². The summed E-state index contributed by atoms with van der Waals surface area (Å²) in [6, 6.07) is 9.99. The van der Waals surface area contributed by atoms with Gasteiger partial charge < -0.3 is 15.0 Å². The normalized spacial score (nSPS) is 11.9. The Bertz CT molecular complexity index is 933. The van der Waals surface area contributed by atoms with E-state index in [2.05, 4.69) is 21.2 Å². The third kappa shape index (κ3) is 7.39. The molecule has 0 aromatic heterocycles. The van der Waals surface area contributed by atoms with Gasteiger partial charge in [-0.15, -0.1) is 0 Å². The van der Waals surface area contributed by atoms with E-state index in [-0.39, 0.29) is 25.0 Å². The van der Waals surface area contributed by atoms with Crippen molar-refractivity contribution < 1.29 is 14.3 Å². The van der Waals surface area contributed by atoms with E-state index in [0.717, 1.165) is 10.0 Å². The molecule has 174 valence electrons. The lowest BCUT2D eigenvalue weighted by atomic mass is 10.1. The van der Waals surface area contributed by atoms with Crippen molar-refractivity contribution in [3.8, 4) is 5.75 Å². The van der Waals surface area contributed by atoms with Crippen LogP contribution in [0.25, 0.3) is 0 Å². The first-order valence-corrected chi connectivity index (χ1v) is 12.1. The number of aryl methyl sites for hydroxylation is 1. The van der Waals surface area contributed by atoms with Crippen LogP contribution in [0.2, 0.25) is 10.0 Å². The van der Waals surface area contributed by atoms with Crippen molar-refractivity contribution in [1.29, 1.82) is 0 Å². The molecule has 0 saturated heterocycles. The largest absolute Gasteiger partial charge is 0.484 e. The molecule has 0 bridgehead atoms. The van der Waals surface area contributed by atoms with Gasteiger partial charge in [0, 0.05) is 33.2 Å². The van der Waals surface area contributed by atoms with Crippen molar-refractivity contribution in [3.05, 3.63) is 62.0 Å². The van der Waals surface area contributed by atoms with Crippen LogP contribution in [0.3, 0.4) is 0 Å². The molecule has 8 heteroatoms. The molecule has 1 N–H and O–H groups in total. The van der Waals surface area contributed by atoms with Crippen molar-refractivity contribution in [3.63, 3.8) is 0 Å². The summed E-state index contributed by atoms with van der Waals surface area (Å²) in [5.41, 5.74) is 1.59. The van der Waals surface area contributed by atoms with Gasteiger partial charge in [0.25, 0.3) is 5.91 Å².